The van der Waals surface area contributed by atoms with Gasteiger partial charge in [-0.1, -0.05) is 0 Å². The Morgan fingerprint density at radius 1 is 1.55 bits per heavy atom. The van der Waals surface area contributed by atoms with Crippen molar-refractivity contribution in [1.29, 1.82) is 0 Å². The Bertz CT molecular complexity index is 660. The zero-order chi connectivity index (χ0) is 14.1. The maximum Gasteiger partial charge on any atom is 0.261 e. The maximum absolute atomic E-state index is 11.7. The smallest absolute Gasteiger partial charge is 0.261 e. The van der Waals surface area contributed by atoms with Crippen molar-refractivity contribution in [3.8, 4) is 0 Å². The van der Waals surface area contributed by atoms with Crippen molar-refractivity contribution in [3.63, 3.8) is 0 Å². The second kappa shape index (κ2) is 5.57. The Morgan fingerprint density at radius 2 is 2.40 bits per heavy atom. The van der Waals surface area contributed by atoms with Crippen LogP contribution in [0, 0.1) is 0 Å². The van der Waals surface area contributed by atoms with E-state index in [4.69, 9.17) is 13.6 Å². The summed E-state index contributed by atoms with van der Waals surface area (Å²) >= 11 is 0. The first kappa shape index (κ1) is 13.6. The lowest BCUT2D eigenvalue weighted by Gasteiger charge is -2.18. The second-order valence-corrected chi connectivity index (χ2v) is 5.72. The Hall–Kier alpha value is -1.34. The lowest BCUT2D eigenvalue weighted by molar-refractivity contribution is -0.0451. The van der Waals surface area contributed by atoms with Gasteiger partial charge in [0.05, 0.1) is 31.3 Å². The molecule has 0 spiro atoms. The first-order valence-electron chi connectivity index (χ1n) is 6.32. The summed E-state index contributed by atoms with van der Waals surface area (Å²) in [7, 11) is 1.29. The summed E-state index contributed by atoms with van der Waals surface area (Å²) in [4.78, 5) is 18.4. The van der Waals surface area contributed by atoms with E-state index in [1.54, 1.807) is 4.68 Å². The molecule has 1 N–H and O–H groups in total. The summed E-state index contributed by atoms with van der Waals surface area (Å²) in [5, 5.41) is 4.69. The zero-order valence-corrected chi connectivity index (χ0v) is 15.3. The topological polar surface area (TPSA) is 91.3 Å². The maximum atomic E-state index is 11.7. The molecule has 0 saturated carbocycles. The van der Waals surface area contributed by atoms with Crippen molar-refractivity contribution < 1.29 is 13.6 Å². The summed E-state index contributed by atoms with van der Waals surface area (Å²) in [5.74, 6) is 0. The standard InChI is InChI=1S/C10H16N4O4Si2/c15-9-6-2-13-14(8(6)11-4-12-9)10-7(18-20)1-5(17-10)3-16-19/h2,4-5,7,10H,1,3H2,19-20H3,(H,11,12,15)/t5-,7+,10+/m0/s1. The van der Waals surface area contributed by atoms with Crippen molar-refractivity contribution in [1.82, 2.24) is 19.7 Å². The summed E-state index contributed by atoms with van der Waals surface area (Å²) in [6, 6.07) is 0. The van der Waals surface area contributed by atoms with Gasteiger partial charge in [-0.2, -0.15) is 5.10 Å². The molecule has 108 valence electrons. The van der Waals surface area contributed by atoms with Gasteiger partial charge in [0, 0.05) is 6.42 Å². The lowest BCUT2D eigenvalue weighted by Crippen LogP contribution is -2.23. The van der Waals surface area contributed by atoms with Crippen LogP contribution in [0.3, 0.4) is 0 Å². The molecule has 8 nitrogen and oxygen atoms in total. The molecule has 1 saturated heterocycles. The Labute approximate surface area is 120 Å². The molecule has 0 radical (unpaired) electrons. The predicted octanol–water partition coefficient (Wildman–Crippen LogP) is -2.63. The Balaban J connectivity index is 1.97. The van der Waals surface area contributed by atoms with Crippen LogP contribution in [-0.2, 0) is 13.6 Å². The lowest BCUT2D eigenvalue weighted by atomic mass is 10.2. The van der Waals surface area contributed by atoms with Crippen molar-refractivity contribution in [3.05, 3.63) is 22.9 Å². The van der Waals surface area contributed by atoms with Gasteiger partial charge in [0.2, 0.25) is 0 Å². The number of aromatic amines is 1. The van der Waals surface area contributed by atoms with E-state index in [9.17, 15) is 4.79 Å². The molecule has 20 heavy (non-hydrogen) atoms. The van der Waals surface area contributed by atoms with E-state index in [1.165, 1.54) is 12.5 Å². The minimum atomic E-state index is -0.360. The first-order chi connectivity index (χ1) is 9.74. The highest BCUT2D eigenvalue weighted by Crippen LogP contribution is 2.31. The van der Waals surface area contributed by atoms with Crippen LogP contribution >= 0.6 is 0 Å². The van der Waals surface area contributed by atoms with E-state index >= 15 is 0 Å². The van der Waals surface area contributed by atoms with Crippen molar-refractivity contribution in [2.75, 3.05) is 6.61 Å². The van der Waals surface area contributed by atoms with Gasteiger partial charge in [0.1, 0.15) is 26.4 Å². The Morgan fingerprint density at radius 3 is 3.15 bits per heavy atom. The highest BCUT2D eigenvalue weighted by Gasteiger charge is 2.37. The van der Waals surface area contributed by atoms with Gasteiger partial charge in [-0.25, -0.2) is 9.67 Å². The number of nitrogens with one attached hydrogen (secondary N) is 1. The molecule has 3 atom stereocenters. The monoisotopic (exact) mass is 312 g/mol. The van der Waals surface area contributed by atoms with Crippen molar-refractivity contribution >= 4 is 32.0 Å². The van der Waals surface area contributed by atoms with E-state index < -0.39 is 0 Å². The van der Waals surface area contributed by atoms with Crippen molar-refractivity contribution in [2.24, 2.45) is 0 Å². The average molecular weight is 312 g/mol. The molecular weight excluding hydrogens is 296 g/mol. The molecule has 2 aromatic rings. The van der Waals surface area contributed by atoms with E-state index in [0.717, 1.165) is 6.42 Å². The van der Waals surface area contributed by atoms with E-state index in [-0.39, 0.29) is 24.0 Å². The normalized spacial score (nSPS) is 26.7. The third-order valence-corrected chi connectivity index (χ3v) is 4.38. The number of aromatic nitrogens is 4. The molecule has 2 aromatic heterocycles. The molecule has 1 aliphatic heterocycles. The molecule has 1 fully saturated rings. The SMILES string of the molecule is O=c1[nH]cnc2c1cnn2[C@@H]1O[C@H](CO[SiH3])C[C@H]1O[SiH3]. The third kappa shape index (κ3) is 2.25. The van der Waals surface area contributed by atoms with E-state index in [0.29, 0.717) is 38.6 Å². The van der Waals surface area contributed by atoms with Gasteiger partial charge in [0.15, 0.2) is 11.9 Å². The zero-order valence-electron chi connectivity index (χ0n) is 11.3. The summed E-state index contributed by atoms with van der Waals surface area (Å²) in [6.07, 6.45) is 3.20. The van der Waals surface area contributed by atoms with E-state index in [1.807, 2.05) is 0 Å². The highest BCUT2D eigenvalue weighted by atomic mass is 28.2. The van der Waals surface area contributed by atoms with Crippen LogP contribution in [0.5, 0.6) is 0 Å². The molecule has 0 bridgehead atoms. The summed E-state index contributed by atoms with van der Waals surface area (Å²) < 4.78 is 18.4. The van der Waals surface area contributed by atoms with Gasteiger partial charge < -0.3 is 18.6 Å². The number of fused-ring (bicyclic) bond motifs is 1. The predicted molar refractivity (Wildman–Crippen MR) is 77.4 cm³/mol. The Kier molecular flexibility index (Phi) is 3.80. The molecule has 3 heterocycles. The number of rotatable bonds is 4. The average Bonchev–Trinajstić information content (AvgIpc) is 3.03. The molecular formula is C10H16N4O4Si2. The quantitative estimate of drug-likeness (QED) is 0.621. The third-order valence-electron chi connectivity index (χ3n) is 3.44. The molecule has 3 rings (SSSR count). The van der Waals surface area contributed by atoms with Gasteiger partial charge in [0.25, 0.3) is 5.56 Å². The molecule has 1 aliphatic rings. The van der Waals surface area contributed by atoms with Gasteiger partial charge in [-0.05, 0) is 0 Å². The van der Waals surface area contributed by atoms with Gasteiger partial charge in [-0.15, -0.1) is 0 Å². The van der Waals surface area contributed by atoms with Crippen LogP contribution in [-0.4, -0.2) is 59.5 Å². The molecule has 0 unspecified atom stereocenters. The fraction of sp³-hybridized carbons (Fsp3) is 0.500. The van der Waals surface area contributed by atoms with E-state index in [2.05, 4.69) is 15.1 Å². The van der Waals surface area contributed by atoms with Crippen LogP contribution in [0.4, 0.5) is 0 Å². The first-order valence-corrected chi connectivity index (χ1v) is 7.96. The van der Waals surface area contributed by atoms with Crippen LogP contribution < -0.4 is 5.56 Å². The van der Waals surface area contributed by atoms with Crippen LogP contribution in [0.1, 0.15) is 12.6 Å². The second-order valence-electron chi connectivity index (χ2n) is 4.67. The summed E-state index contributed by atoms with van der Waals surface area (Å²) in [6.45, 7) is 0.567. The van der Waals surface area contributed by atoms with Gasteiger partial charge >= 0.3 is 0 Å². The summed E-state index contributed by atoms with van der Waals surface area (Å²) in [5.41, 5.74) is 0.303. The minimum Gasteiger partial charge on any atom is -0.425 e. The fourth-order valence-corrected chi connectivity index (χ4v) is 3.29. The van der Waals surface area contributed by atoms with Crippen LogP contribution in [0.2, 0.25) is 0 Å². The number of ether oxygens (including phenoxy) is 1. The van der Waals surface area contributed by atoms with Crippen LogP contribution in [0.25, 0.3) is 11.0 Å². The number of hydrogen-bond acceptors (Lipinski definition) is 6. The largest absolute Gasteiger partial charge is 0.425 e. The molecule has 10 heteroatoms. The number of hydrogen-bond donors (Lipinski definition) is 1. The van der Waals surface area contributed by atoms with Crippen molar-refractivity contribution in [2.45, 2.75) is 24.9 Å². The highest BCUT2D eigenvalue weighted by molar-refractivity contribution is 5.98. The fourth-order valence-electron chi connectivity index (χ4n) is 2.50. The minimum absolute atomic E-state index is 0.00213. The molecule has 0 aliphatic carbocycles. The number of H-pyrrole nitrogens is 1. The molecule has 0 amide bonds. The molecule has 0 aromatic carbocycles. The van der Waals surface area contributed by atoms with Gasteiger partial charge in [-0.3, -0.25) is 4.79 Å². The number of nitrogens with zero attached hydrogens (tertiary/aromatic N) is 3. The van der Waals surface area contributed by atoms with Crippen LogP contribution in [0.15, 0.2) is 17.3 Å².